The lowest BCUT2D eigenvalue weighted by molar-refractivity contribution is 0.294. The minimum absolute atomic E-state index is 0.185. The van der Waals surface area contributed by atoms with Crippen LogP contribution in [0.1, 0.15) is 36.5 Å². The molecule has 1 fully saturated rings. The second kappa shape index (κ2) is 6.91. The zero-order valence-electron chi connectivity index (χ0n) is 16.1. The maximum atomic E-state index is 11.9. The van der Waals surface area contributed by atoms with E-state index in [0.717, 1.165) is 31.6 Å². The molecule has 2 aliphatic heterocycles. The summed E-state index contributed by atoms with van der Waals surface area (Å²) in [6.07, 6.45) is 7.83. The van der Waals surface area contributed by atoms with E-state index in [1.807, 2.05) is 24.0 Å². The lowest BCUT2D eigenvalue weighted by Crippen LogP contribution is -2.31. The number of nitrogens with zero attached hydrogens (tertiary/aromatic N) is 3. The van der Waals surface area contributed by atoms with Crippen LogP contribution in [0.15, 0.2) is 42.7 Å². The fourth-order valence-corrected chi connectivity index (χ4v) is 6.15. The Hall–Kier alpha value is -1.92. The van der Waals surface area contributed by atoms with E-state index in [2.05, 4.69) is 47.3 Å². The van der Waals surface area contributed by atoms with E-state index in [1.54, 1.807) is 0 Å². The fourth-order valence-electron chi connectivity index (χ4n) is 4.03. The summed E-state index contributed by atoms with van der Waals surface area (Å²) in [6.45, 7) is 7.03. The average molecular weight is 386 g/mol. The van der Waals surface area contributed by atoms with Crippen molar-refractivity contribution in [3.8, 4) is 0 Å². The maximum Gasteiger partial charge on any atom is 0.152 e. The average Bonchev–Trinajstić information content (AvgIpc) is 3.23. The second-order valence-corrected chi connectivity index (χ2v) is 10.4. The number of hydrogen-bond donors (Lipinski definition) is 0. The van der Waals surface area contributed by atoms with Crippen LogP contribution in [0.5, 0.6) is 0 Å². The van der Waals surface area contributed by atoms with Crippen LogP contribution in [0.4, 0.5) is 0 Å². The van der Waals surface area contributed by atoms with Gasteiger partial charge in [0.2, 0.25) is 0 Å². The first-order valence-electron chi connectivity index (χ1n) is 9.56. The monoisotopic (exact) mass is 385 g/mol. The molecule has 4 rings (SSSR count). The largest absolute Gasteiger partial charge is 0.295 e. The Labute approximate surface area is 161 Å². The van der Waals surface area contributed by atoms with Crippen molar-refractivity contribution in [2.45, 2.75) is 38.8 Å². The highest BCUT2D eigenvalue weighted by molar-refractivity contribution is 7.91. The second-order valence-electron chi connectivity index (χ2n) is 8.21. The lowest BCUT2D eigenvalue weighted by Gasteiger charge is -2.26. The third-order valence-corrected chi connectivity index (χ3v) is 7.70. The molecule has 0 saturated carbocycles. The zero-order chi connectivity index (χ0) is 19.1. The SMILES string of the molecule is Cc1ccc(CN2CC=C(c3cnn(C4(C)CCS(=O)(=O)C4)c3)CC2)cc1. The molecule has 0 amide bonds. The van der Waals surface area contributed by atoms with Gasteiger partial charge >= 0.3 is 0 Å². The van der Waals surface area contributed by atoms with Gasteiger partial charge in [0.1, 0.15) is 0 Å². The molecule has 1 atom stereocenters. The zero-order valence-corrected chi connectivity index (χ0v) is 16.9. The van der Waals surface area contributed by atoms with E-state index in [9.17, 15) is 8.42 Å². The van der Waals surface area contributed by atoms with Crippen LogP contribution < -0.4 is 0 Å². The fraction of sp³-hybridized carbons (Fsp3) is 0.476. The lowest BCUT2D eigenvalue weighted by atomic mass is 10.0. The van der Waals surface area contributed by atoms with Gasteiger partial charge in [-0.25, -0.2) is 8.42 Å². The van der Waals surface area contributed by atoms with Crippen molar-refractivity contribution in [1.29, 1.82) is 0 Å². The number of aromatic nitrogens is 2. The summed E-state index contributed by atoms with van der Waals surface area (Å²) in [7, 11) is -2.94. The molecule has 0 spiro atoms. The number of sulfone groups is 1. The molecular weight excluding hydrogens is 358 g/mol. The minimum Gasteiger partial charge on any atom is -0.295 e. The Morgan fingerprint density at radius 2 is 2.00 bits per heavy atom. The molecule has 1 saturated heterocycles. The number of aryl methyl sites for hydroxylation is 1. The number of benzene rings is 1. The summed E-state index contributed by atoms with van der Waals surface area (Å²) < 4.78 is 25.6. The first-order chi connectivity index (χ1) is 12.8. The van der Waals surface area contributed by atoms with Gasteiger partial charge in [0.15, 0.2) is 9.84 Å². The van der Waals surface area contributed by atoms with Crippen molar-refractivity contribution in [3.05, 3.63) is 59.4 Å². The van der Waals surface area contributed by atoms with Crippen LogP contribution in [0.25, 0.3) is 5.57 Å². The van der Waals surface area contributed by atoms with Crippen molar-refractivity contribution in [1.82, 2.24) is 14.7 Å². The van der Waals surface area contributed by atoms with E-state index in [-0.39, 0.29) is 11.5 Å². The van der Waals surface area contributed by atoms with Gasteiger partial charge in [-0.1, -0.05) is 35.9 Å². The maximum absolute atomic E-state index is 11.9. The molecule has 1 aromatic carbocycles. The van der Waals surface area contributed by atoms with Crippen LogP contribution in [0.2, 0.25) is 0 Å². The Kier molecular flexibility index (Phi) is 4.72. The summed E-state index contributed by atoms with van der Waals surface area (Å²) in [5, 5.41) is 4.50. The van der Waals surface area contributed by atoms with Crippen molar-refractivity contribution < 1.29 is 8.42 Å². The number of rotatable bonds is 4. The normalized spacial score (nSPS) is 25.5. The minimum atomic E-state index is -2.94. The van der Waals surface area contributed by atoms with Crippen LogP contribution in [0, 0.1) is 6.92 Å². The highest BCUT2D eigenvalue weighted by atomic mass is 32.2. The molecule has 27 heavy (non-hydrogen) atoms. The van der Waals surface area contributed by atoms with Crippen LogP contribution >= 0.6 is 0 Å². The molecule has 144 valence electrons. The van der Waals surface area contributed by atoms with Gasteiger partial charge in [-0.15, -0.1) is 0 Å². The molecule has 2 aromatic rings. The molecule has 0 radical (unpaired) electrons. The van der Waals surface area contributed by atoms with E-state index in [4.69, 9.17) is 0 Å². The third-order valence-electron chi connectivity index (χ3n) is 5.81. The van der Waals surface area contributed by atoms with Crippen LogP contribution in [0.3, 0.4) is 0 Å². The van der Waals surface area contributed by atoms with E-state index in [1.165, 1.54) is 16.7 Å². The summed E-state index contributed by atoms with van der Waals surface area (Å²) in [5.74, 6) is 0.444. The van der Waals surface area contributed by atoms with Crippen molar-refractivity contribution in [2.24, 2.45) is 0 Å². The summed E-state index contributed by atoms with van der Waals surface area (Å²) in [4.78, 5) is 2.45. The van der Waals surface area contributed by atoms with Crippen LogP contribution in [-0.2, 0) is 21.9 Å². The van der Waals surface area contributed by atoms with Crippen molar-refractivity contribution >= 4 is 15.4 Å². The Morgan fingerprint density at radius 3 is 2.63 bits per heavy atom. The highest BCUT2D eigenvalue weighted by Gasteiger charge is 2.40. The van der Waals surface area contributed by atoms with E-state index < -0.39 is 15.4 Å². The predicted octanol–water partition coefficient (Wildman–Crippen LogP) is 3.01. The quantitative estimate of drug-likeness (QED) is 0.812. The van der Waals surface area contributed by atoms with Gasteiger partial charge in [-0.3, -0.25) is 9.58 Å². The Bertz CT molecular complexity index is 960. The summed E-state index contributed by atoms with van der Waals surface area (Å²) in [5.41, 5.74) is 4.66. The van der Waals surface area contributed by atoms with Gasteiger partial charge in [0.05, 0.1) is 23.2 Å². The molecule has 1 aromatic heterocycles. The standard InChI is InChI=1S/C21H27N3O2S/c1-17-3-5-18(6-4-17)14-23-10-7-19(8-11-23)20-13-22-24(15-20)21(2)9-12-27(25,26)16-21/h3-7,13,15H,8-12,14,16H2,1-2H3. The molecule has 3 heterocycles. The van der Waals surface area contributed by atoms with Gasteiger partial charge in [-0.2, -0.15) is 5.10 Å². The Morgan fingerprint density at radius 1 is 1.22 bits per heavy atom. The van der Waals surface area contributed by atoms with E-state index in [0.29, 0.717) is 6.42 Å². The first-order valence-corrected chi connectivity index (χ1v) is 11.4. The van der Waals surface area contributed by atoms with Crippen molar-refractivity contribution in [3.63, 3.8) is 0 Å². The Balaban J connectivity index is 1.43. The van der Waals surface area contributed by atoms with Gasteiger partial charge in [0, 0.05) is 31.4 Å². The topological polar surface area (TPSA) is 55.2 Å². The molecule has 0 N–H and O–H groups in total. The third kappa shape index (κ3) is 4.01. The van der Waals surface area contributed by atoms with Gasteiger partial charge in [-0.05, 0) is 37.8 Å². The number of hydrogen-bond acceptors (Lipinski definition) is 4. The van der Waals surface area contributed by atoms with Gasteiger partial charge < -0.3 is 0 Å². The van der Waals surface area contributed by atoms with E-state index >= 15 is 0 Å². The first kappa shape index (κ1) is 18.4. The molecule has 2 aliphatic rings. The van der Waals surface area contributed by atoms with Gasteiger partial charge in [0.25, 0.3) is 0 Å². The molecular formula is C21H27N3O2S. The summed E-state index contributed by atoms with van der Waals surface area (Å²) in [6, 6.07) is 8.74. The predicted molar refractivity (Wildman–Crippen MR) is 108 cm³/mol. The molecule has 6 heteroatoms. The molecule has 0 aliphatic carbocycles. The summed E-state index contributed by atoms with van der Waals surface area (Å²) >= 11 is 0. The molecule has 5 nitrogen and oxygen atoms in total. The molecule has 1 unspecified atom stereocenters. The van der Waals surface area contributed by atoms with Crippen molar-refractivity contribution in [2.75, 3.05) is 24.6 Å². The van der Waals surface area contributed by atoms with Crippen LogP contribution in [-0.4, -0.2) is 47.7 Å². The smallest absolute Gasteiger partial charge is 0.152 e. The highest BCUT2D eigenvalue weighted by Crippen LogP contribution is 2.31. The molecule has 0 bridgehead atoms.